The van der Waals surface area contributed by atoms with Crippen molar-refractivity contribution in [2.45, 2.75) is 33.4 Å². The summed E-state index contributed by atoms with van der Waals surface area (Å²) < 4.78 is 24.1. The summed E-state index contributed by atoms with van der Waals surface area (Å²) in [5, 5.41) is 0. The van der Waals surface area contributed by atoms with E-state index >= 15 is 0 Å². The van der Waals surface area contributed by atoms with Gasteiger partial charge in [0.15, 0.2) is 24.8 Å². The van der Waals surface area contributed by atoms with E-state index in [1.54, 1.807) is 14.2 Å². The van der Waals surface area contributed by atoms with Gasteiger partial charge in [0.05, 0.1) is 28.4 Å². The number of carbonyl (C=O) groups excluding carboxylic acids is 2. The molecule has 2 aromatic carbocycles. The van der Waals surface area contributed by atoms with Gasteiger partial charge in [0.1, 0.15) is 11.5 Å². The number of aryl methyl sites for hydroxylation is 2. The smallest absolute Gasteiger partial charge is 0.380 e. The molecule has 2 aromatic heterocycles. The number of hydrogen-bond donors (Lipinski definition) is 0. The lowest BCUT2D eigenvalue weighted by atomic mass is 10.0. The second kappa shape index (κ2) is 17.4. The minimum absolute atomic E-state index is 0. The van der Waals surface area contributed by atoms with Gasteiger partial charge in [-0.3, -0.25) is 0 Å². The lowest BCUT2D eigenvalue weighted by Gasteiger charge is -2.12. The third-order valence-corrected chi connectivity index (χ3v) is 6.42. The van der Waals surface area contributed by atoms with Gasteiger partial charge in [-0.15, -0.1) is 0 Å². The van der Waals surface area contributed by atoms with Crippen LogP contribution in [0, 0.1) is 13.8 Å². The van der Waals surface area contributed by atoms with Crippen molar-refractivity contribution < 1.29 is 50.1 Å². The Balaban J connectivity index is 0.000000401. The van der Waals surface area contributed by atoms with Crippen molar-refractivity contribution in [1.29, 1.82) is 0 Å². The Hall–Kier alpha value is -4.43. The predicted molar refractivity (Wildman–Crippen MR) is 156 cm³/mol. The fourth-order valence-electron chi connectivity index (χ4n) is 4.26. The molecule has 0 aliphatic carbocycles. The van der Waals surface area contributed by atoms with Crippen LogP contribution in [0.3, 0.4) is 0 Å². The second-order valence-corrected chi connectivity index (χ2v) is 8.95. The topological polar surface area (TPSA) is 78.8 Å². The average Bonchev–Trinajstić information content (AvgIpc) is 3.00. The Morgan fingerprint density at radius 2 is 0.929 bits per heavy atom. The molecular formula is C33H40ClN2O6+. The molecule has 8 nitrogen and oxygen atoms in total. The van der Waals surface area contributed by atoms with Crippen LogP contribution in [0.5, 0.6) is 11.5 Å². The maximum Gasteiger partial charge on any atom is 0.380 e. The minimum atomic E-state index is -0.518. The van der Waals surface area contributed by atoms with Crippen LogP contribution in [0.2, 0.25) is 0 Å². The first-order valence-corrected chi connectivity index (χ1v) is 12.7. The number of rotatable bonds is 8. The third-order valence-electron chi connectivity index (χ3n) is 6.42. The Bertz CT molecular complexity index is 1310. The van der Waals surface area contributed by atoms with Gasteiger partial charge in [0, 0.05) is 35.4 Å². The summed E-state index contributed by atoms with van der Waals surface area (Å²) in [7, 11) is 6.03. The molecule has 224 valence electrons. The monoisotopic (exact) mass is 595 g/mol. The lowest BCUT2D eigenvalue weighted by molar-refractivity contribution is -0.702. The number of nitrogens with zero attached hydrogens (tertiary/aromatic N) is 2. The van der Waals surface area contributed by atoms with Gasteiger partial charge in [-0.25, -0.2) is 9.59 Å². The van der Waals surface area contributed by atoms with Gasteiger partial charge in [-0.2, -0.15) is 9.13 Å². The average molecular weight is 596 g/mol. The highest BCUT2D eigenvalue weighted by Crippen LogP contribution is 2.25. The van der Waals surface area contributed by atoms with Crippen LogP contribution in [-0.2, 0) is 19.1 Å². The molecule has 0 saturated carbocycles. The zero-order valence-electron chi connectivity index (χ0n) is 24.1. The summed E-state index contributed by atoms with van der Waals surface area (Å²) in [5.74, 6) is 0.889. The normalized spacial score (nSPS) is 11.2. The van der Waals surface area contributed by atoms with Crippen molar-refractivity contribution in [3.05, 3.63) is 120 Å². The van der Waals surface area contributed by atoms with Crippen molar-refractivity contribution in [1.82, 2.24) is 0 Å². The van der Waals surface area contributed by atoms with E-state index in [4.69, 9.17) is 18.9 Å². The van der Waals surface area contributed by atoms with E-state index in [2.05, 4.69) is 0 Å². The third kappa shape index (κ3) is 8.78. The Labute approximate surface area is 254 Å². The highest BCUT2D eigenvalue weighted by Gasteiger charge is 2.32. The maximum absolute atomic E-state index is 12.1. The fourth-order valence-corrected chi connectivity index (χ4v) is 4.26. The zero-order chi connectivity index (χ0) is 29.1. The van der Waals surface area contributed by atoms with E-state index in [9.17, 15) is 9.59 Å². The van der Waals surface area contributed by atoms with Crippen LogP contribution in [0.1, 0.15) is 41.8 Å². The van der Waals surface area contributed by atoms with Crippen molar-refractivity contribution >= 4 is 11.9 Å². The molecule has 9 heteroatoms. The molecule has 42 heavy (non-hydrogen) atoms. The molecule has 2 unspecified atom stereocenters. The van der Waals surface area contributed by atoms with Crippen LogP contribution >= 0.6 is 0 Å². The van der Waals surface area contributed by atoms with Crippen LogP contribution in [0.4, 0.5) is 0 Å². The molecule has 0 aliphatic heterocycles. The largest absolute Gasteiger partial charge is 1.00 e. The van der Waals surface area contributed by atoms with Crippen molar-refractivity contribution in [2.24, 2.45) is 0 Å². The number of benzene rings is 2. The predicted octanol–water partition coefficient (Wildman–Crippen LogP) is 1.75. The lowest BCUT2D eigenvalue weighted by Crippen LogP contribution is -3.00. The standard InChI is InChI=1S/2C16H18NO3.CH4.ClH/c2*1-12-7-8-13(11-14(12)19-2)15(16(18)20-3)17-9-5-4-6-10-17;;/h2*4-11,15H,1-3H3;1H4;1H/q2*+1;;/p-1. The number of ether oxygens (including phenoxy) is 4. The number of halogens is 1. The van der Waals surface area contributed by atoms with Crippen LogP contribution in [0.25, 0.3) is 0 Å². The molecule has 2 heterocycles. The van der Waals surface area contributed by atoms with Crippen molar-refractivity contribution in [2.75, 3.05) is 28.4 Å². The first-order chi connectivity index (χ1) is 19.3. The van der Waals surface area contributed by atoms with Crippen LogP contribution < -0.4 is 31.0 Å². The maximum atomic E-state index is 12.1. The van der Waals surface area contributed by atoms with E-state index in [0.29, 0.717) is 0 Å². The SMILES string of the molecule is C.COC(=O)C(c1ccc(C)c(OC)c1)[n+]1ccccc1.COC(=O)C(c1ccc(C)c(OC)c1)[n+]1ccccc1.[Cl-]. The number of esters is 2. The summed E-state index contributed by atoms with van der Waals surface area (Å²) in [6.07, 6.45) is 7.36. The summed E-state index contributed by atoms with van der Waals surface area (Å²) in [6, 6.07) is 21.7. The van der Waals surface area contributed by atoms with Gasteiger partial charge < -0.3 is 31.4 Å². The molecule has 0 N–H and O–H groups in total. The Morgan fingerprint density at radius 3 is 1.21 bits per heavy atom. The minimum Gasteiger partial charge on any atom is -1.00 e. The molecule has 2 atom stereocenters. The molecular weight excluding hydrogens is 556 g/mol. The van der Waals surface area contributed by atoms with Crippen LogP contribution in [-0.4, -0.2) is 40.4 Å². The van der Waals surface area contributed by atoms with Gasteiger partial charge in [0.25, 0.3) is 12.1 Å². The molecule has 0 radical (unpaired) electrons. The number of hydrogen-bond acceptors (Lipinski definition) is 6. The van der Waals surface area contributed by atoms with E-state index in [1.165, 1.54) is 14.2 Å². The summed E-state index contributed by atoms with van der Waals surface area (Å²) >= 11 is 0. The Morgan fingerprint density at radius 1 is 0.595 bits per heavy atom. The summed E-state index contributed by atoms with van der Waals surface area (Å²) in [5.41, 5.74) is 3.71. The number of aromatic nitrogens is 2. The van der Waals surface area contributed by atoms with E-state index in [-0.39, 0.29) is 31.8 Å². The molecule has 4 aromatic rings. The number of methoxy groups -OCH3 is 4. The van der Waals surface area contributed by atoms with Gasteiger partial charge in [-0.05, 0) is 37.1 Å². The molecule has 0 fully saturated rings. The van der Waals surface area contributed by atoms with Crippen molar-refractivity contribution in [3.63, 3.8) is 0 Å². The van der Waals surface area contributed by atoms with Gasteiger partial charge in [-0.1, -0.05) is 43.8 Å². The Kier molecular flexibility index (Phi) is 14.7. The van der Waals surface area contributed by atoms with Gasteiger partial charge in [0.2, 0.25) is 0 Å². The summed E-state index contributed by atoms with van der Waals surface area (Å²) in [4.78, 5) is 24.2. The van der Waals surface area contributed by atoms with E-state index < -0.39 is 12.1 Å². The fraction of sp³-hybridized carbons (Fsp3) is 0.273. The second-order valence-electron chi connectivity index (χ2n) is 8.95. The number of carbonyl (C=O) groups is 2. The molecule has 0 amide bonds. The summed E-state index contributed by atoms with van der Waals surface area (Å²) in [6.45, 7) is 3.93. The molecule has 0 bridgehead atoms. The van der Waals surface area contributed by atoms with Gasteiger partial charge >= 0.3 is 11.9 Å². The first-order valence-electron chi connectivity index (χ1n) is 12.7. The van der Waals surface area contributed by atoms with E-state index in [1.807, 2.05) is 121 Å². The highest BCUT2D eigenvalue weighted by molar-refractivity contribution is 5.76. The quantitative estimate of drug-likeness (QED) is 0.228. The molecule has 0 spiro atoms. The van der Waals surface area contributed by atoms with Crippen molar-refractivity contribution in [3.8, 4) is 11.5 Å². The zero-order valence-corrected chi connectivity index (χ0v) is 24.9. The molecule has 0 saturated heterocycles. The van der Waals surface area contributed by atoms with E-state index in [0.717, 1.165) is 33.8 Å². The highest BCUT2D eigenvalue weighted by atomic mass is 35.5. The number of pyridine rings is 2. The molecule has 0 aliphatic rings. The molecule has 4 rings (SSSR count). The first kappa shape index (κ1) is 35.6. The van der Waals surface area contributed by atoms with Crippen LogP contribution in [0.15, 0.2) is 97.6 Å².